The van der Waals surface area contributed by atoms with E-state index in [1.165, 1.54) is 0 Å². The number of hydrogen-bond acceptors (Lipinski definition) is 4. The largest absolute Gasteiger partial charge is 0.399 e. The third-order valence-corrected chi connectivity index (χ3v) is 2.24. The van der Waals surface area contributed by atoms with Gasteiger partial charge in [-0.25, -0.2) is 4.98 Å². The SMILES string of the molecule is CCOC(C)(C)CNc1cc(N)cc(Cl)n1. The van der Waals surface area contributed by atoms with Crippen LogP contribution in [0.15, 0.2) is 12.1 Å². The summed E-state index contributed by atoms with van der Waals surface area (Å²) in [5.74, 6) is 0.665. The monoisotopic (exact) mass is 243 g/mol. The van der Waals surface area contributed by atoms with Gasteiger partial charge in [0, 0.05) is 24.9 Å². The Morgan fingerprint density at radius 1 is 1.50 bits per heavy atom. The lowest BCUT2D eigenvalue weighted by atomic mass is 10.1. The molecule has 1 heterocycles. The molecule has 0 bridgehead atoms. The Morgan fingerprint density at radius 2 is 2.19 bits per heavy atom. The molecule has 90 valence electrons. The minimum Gasteiger partial charge on any atom is -0.399 e. The fraction of sp³-hybridized carbons (Fsp3) is 0.545. The zero-order chi connectivity index (χ0) is 12.2. The molecule has 0 aliphatic rings. The first kappa shape index (κ1) is 13.1. The lowest BCUT2D eigenvalue weighted by Crippen LogP contribution is -2.33. The summed E-state index contributed by atoms with van der Waals surface area (Å²) >= 11 is 5.80. The Balaban J connectivity index is 2.60. The maximum absolute atomic E-state index is 5.80. The second-order valence-electron chi connectivity index (χ2n) is 4.15. The number of nitrogens with two attached hydrogens (primary N) is 1. The summed E-state index contributed by atoms with van der Waals surface area (Å²) in [5, 5.41) is 3.54. The third kappa shape index (κ3) is 4.24. The molecule has 5 heteroatoms. The van der Waals surface area contributed by atoms with Gasteiger partial charge in [0.25, 0.3) is 0 Å². The van der Waals surface area contributed by atoms with Gasteiger partial charge in [-0.3, -0.25) is 0 Å². The van der Waals surface area contributed by atoms with E-state index in [0.717, 1.165) is 0 Å². The van der Waals surface area contributed by atoms with Crippen LogP contribution < -0.4 is 11.1 Å². The van der Waals surface area contributed by atoms with Crippen molar-refractivity contribution in [3.05, 3.63) is 17.3 Å². The number of hydrogen-bond donors (Lipinski definition) is 2. The summed E-state index contributed by atoms with van der Waals surface area (Å²) in [5.41, 5.74) is 6.01. The smallest absolute Gasteiger partial charge is 0.133 e. The molecule has 0 radical (unpaired) electrons. The standard InChI is InChI=1S/C11H18ClN3O/c1-4-16-11(2,3)7-14-10-6-8(13)5-9(12)15-10/h5-6H,4,7H2,1-3H3,(H3,13,14,15). The average molecular weight is 244 g/mol. The van der Waals surface area contributed by atoms with Gasteiger partial charge in [-0.1, -0.05) is 11.6 Å². The number of nitrogens with zero attached hydrogens (tertiary/aromatic N) is 1. The fourth-order valence-electron chi connectivity index (χ4n) is 1.35. The Morgan fingerprint density at radius 3 is 2.75 bits per heavy atom. The molecule has 0 spiro atoms. The highest BCUT2D eigenvalue weighted by atomic mass is 35.5. The number of pyridine rings is 1. The Labute approximate surface area is 101 Å². The van der Waals surface area contributed by atoms with Gasteiger partial charge in [-0.15, -0.1) is 0 Å². The number of ether oxygens (including phenoxy) is 1. The average Bonchev–Trinajstić information content (AvgIpc) is 2.13. The highest BCUT2D eigenvalue weighted by Gasteiger charge is 2.17. The van der Waals surface area contributed by atoms with Gasteiger partial charge in [0.15, 0.2) is 0 Å². The van der Waals surface area contributed by atoms with Crippen molar-refractivity contribution in [3.63, 3.8) is 0 Å². The molecule has 0 saturated heterocycles. The minimum atomic E-state index is -0.243. The van der Waals surface area contributed by atoms with Crippen LogP contribution in [-0.2, 0) is 4.74 Å². The summed E-state index contributed by atoms with van der Waals surface area (Å²) < 4.78 is 5.56. The topological polar surface area (TPSA) is 60.2 Å². The third-order valence-electron chi connectivity index (χ3n) is 2.05. The van der Waals surface area contributed by atoms with Gasteiger partial charge in [0.2, 0.25) is 0 Å². The van der Waals surface area contributed by atoms with Crippen molar-refractivity contribution in [1.82, 2.24) is 4.98 Å². The summed E-state index contributed by atoms with van der Waals surface area (Å²) in [4.78, 5) is 4.12. The molecule has 0 saturated carbocycles. The lowest BCUT2D eigenvalue weighted by molar-refractivity contribution is 0.000643. The van der Waals surface area contributed by atoms with Gasteiger partial charge >= 0.3 is 0 Å². The van der Waals surface area contributed by atoms with Crippen molar-refractivity contribution in [3.8, 4) is 0 Å². The zero-order valence-corrected chi connectivity index (χ0v) is 10.6. The predicted molar refractivity (Wildman–Crippen MR) is 67.9 cm³/mol. The van der Waals surface area contributed by atoms with Crippen molar-refractivity contribution < 1.29 is 4.74 Å². The van der Waals surface area contributed by atoms with Crippen molar-refractivity contribution in [2.24, 2.45) is 0 Å². The number of rotatable bonds is 5. The van der Waals surface area contributed by atoms with Gasteiger partial charge < -0.3 is 15.8 Å². The molecule has 1 aromatic rings. The van der Waals surface area contributed by atoms with E-state index in [-0.39, 0.29) is 5.60 Å². The zero-order valence-electron chi connectivity index (χ0n) is 9.88. The molecular formula is C11H18ClN3O. The molecule has 0 unspecified atom stereocenters. The number of anilines is 2. The van der Waals surface area contributed by atoms with Crippen molar-refractivity contribution in [2.45, 2.75) is 26.4 Å². The highest BCUT2D eigenvalue weighted by molar-refractivity contribution is 6.29. The van der Waals surface area contributed by atoms with Crippen LogP contribution in [0.3, 0.4) is 0 Å². The Bertz CT molecular complexity index is 335. The molecular weight excluding hydrogens is 226 g/mol. The summed E-state index contributed by atoms with van der Waals surface area (Å²) in [6.07, 6.45) is 0. The predicted octanol–water partition coefficient (Wildman–Crippen LogP) is 2.54. The van der Waals surface area contributed by atoms with E-state index in [0.29, 0.717) is 29.8 Å². The summed E-state index contributed by atoms with van der Waals surface area (Å²) in [7, 11) is 0. The molecule has 4 nitrogen and oxygen atoms in total. The first-order valence-electron chi connectivity index (χ1n) is 5.24. The molecule has 0 aliphatic carbocycles. The molecule has 1 rings (SSSR count). The minimum absolute atomic E-state index is 0.243. The van der Waals surface area contributed by atoms with Crippen LogP contribution in [-0.4, -0.2) is 23.7 Å². The van der Waals surface area contributed by atoms with Crippen molar-refractivity contribution in [2.75, 3.05) is 24.2 Å². The van der Waals surface area contributed by atoms with Crippen LogP contribution in [0.5, 0.6) is 0 Å². The molecule has 16 heavy (non-hydrogen) atoms. The molecule has 0 aliphatic heterocycles. The maximum atomic E-state index is 5.80. The van der Waals surface area contributed by atoms with Gasteiger partial charge in [0.05, 0.1) is 5.60 Å². The maximum Gasteiger partial charge on any atom is 0.133 e. The van der Waals surface area contributed by atoms with E-state index in [1.807, 2.05) is 20.8 Å². The van der Waals surface area contributed by atoms with Crippen LogP contribution in [0.1, 0.15) is 20.8 Å². The summed E-state index contributed by atoms with van der Waals surface area (Å²) in [6, 6.07) is 3.36. The number of aromatic nitrogens is 1. The number of nitrogen functional groups attached to an aromatic ring is 1. The van der Waals surface area contributed by atoms with Crippen LogP contribution in [0, 0.1) is 0 Å². The quantitative estimate of drug-likeness (QED) is 0.781. The molecule has 0 amide bonds. The Hall–Kier alpha value is -1.00. The summed E-state index contributed by atoms with van der Waals surface area (Å²) in [6.45, 7) is 7.32. The van der Waals surface area contributed by atoms with Crippen LogP contribution >= 0.6 is 11.6 Å². The van der Waals surface area contributed by atoms with Crippen LogP contribution in [0.4, 0.5) is 11.5 Å². The molecule has 1 aromatic heterocycles. The van der Waals surface area contributed by atoms with E-state index < -0.39 is 0 Å². The highest BCUT2D eigenvalue weighted by Crippen LogP contribution is 2.17. The van der Waals surface area contributed by atoms with E-state index in [4.69, 9.17) is 22.1 Å². The van der Waals surface area contributed by atoms with E-state index in [1.54, 1.807) is 12.1 Å². The first-order valence-corrected chi connectivity index (χ1v) is 5.61. The van der Waals surface area contributed by atoms with E-state index in [2.05, 4.69) is 10.3 Å². The Kier molecular flexibility index (Phi) is 4.38. The second-order valence-corrected chi connectivity index (χ2v) is 4.54. The van der Waals surface area contributed by atoms with E-state index in [9.17, 15) is 0 Å². The number of nitrogens with one attached hydrogen (secondary N) is 1. The van der Waals surface area contributed by atoms with Gasteiger partial charge in [-0.2, -0.15) is 0 Å². The fourth-order valence-corrected chi connectivity index (χ4v) is 1.57. The van der Waals surface area contributed by atoms with Crippen molar-refractivity contribution >= 4 is 23.1 Å². The molecule has 3 N–H and O–H groups in total. The first-order chi connectivity index (χ1) is 7.43. The molecule has 0 atom stereocenters. The number of halogens is 1. The van der Waals surface area contributed by atoms with Crippen LogP contribution in [0.25, 0.3) is 0 Å². The van der Waals surface area contributed by atoms with Crippen molar-refractivity contribution in [1.29, 1.82) is 0 Å². The van der Waals surface area contributed by atoms with E-state index >= 15 is 0 Å². The van der Waals surface area contributed by atoms with Gasteiger partial charge in [0.1, 0.15) is 11.0 Å². The lowest BCUT2D eigenvalue weighted by Gasteiger charge is -2.25. The molecule has 0 aromatic carbocycles. The van der Waals surface area contributed by atoms with Gasteiger partial charge in [-0.05, 0) is 26.8 Å². The molecule has 0 fully saturated rings. The van der Waals surface area contributed by atoms with Crippen LogP contribution in [0.2, 0.25) is 5.15 Å². The second kappa shape index (κ2) is 5.37. The normalized spacial score (nSPS) is 11.5.